The van der Waals surface area contributed by atoms with E-state index in [2.05, 4.69) is 4.98 Å². The maximum absolute atomic E-state index is 12.6. The number of alkyl halides is 3. The van der Waals surface area contributed by atoms with Crippen LogP contribution in [0.4, 0.5) is 18.0 Å². The number of ether oxygens (including phenoxy) is 1. The molecule has 1 saturated heterocycles. The average molecular weight is 342 g/mol. The lowest BCUT2D eigenvalue weighted by molar-refractivity contribution is -0.137. The van der Waals surface area contributed by atoms with Crippen molar-refractivity contribution in [2.75, 3.05) is 13.1 Å². The number of aromatic nitrogens is 1. The fraction of sp³-hybridized carbons (Fsp3) is 0.647. The molecular weight excluding hydrogens is 321 g/mol. The standard InChI is InChI=1S/C17H21F3N2O2/c1-15(2,3)24-14(23)22-7-6-16(8-12(16)10-22)13-5-4-11(9-21-13)17(18,19)20/h4-5,9,12H,6-8,10H2,1-3H3. The van der Waals surface area contributed by atoms with Gasteiger partial charge in [0.05, 0.1) is 5.56 Å². The van der Waals surface area contributed by atoms with Gasteiger partial charge in [-0.05, 0) is 51.7 Å². The van der Waals surface area contributed by atoms with Crippen molar-refractivity contribution in [3.05, 3.63) is 29.6 Å². The van der Waals surface area contributed by atoms with Crippen molar-refractivity contribution < 1.29 is 22.7 Å². The first-order chi connectivity index (χ1) is 11.0. The van der Waals surface area contributed by atoms with Gasteiger partial charge in [0.2, 0.25) is 0 Å². The molecular formula is C17H21F3N2O2. The fourth-order valence-corrected chi connectivity index (χ4v) is 3.41. The number of hydrogen-bond acceptors (Lipinski definition) is 3. The van der Waals surface area contributed by atoms with Crippen LogP contribution in [0.3, 0.4) is 0 Å². The predicted octanol–water partition coefficient (Wildman–Crippen LogP) is 4.00. The average Bonchev–Trinajstić information content (AvgIpc) is 3.19. The number of likely N-dealkylation sites (tertiary alicyclic amines) is 1. The quantitative estimate of drug-likeness (QED) is 0.775. The zero-order valence-corrected chi connectivity index (χ0v) is 14.0. The molecule has 0 spiro atoms. The minimum Gasteiger partial charge on any atom is -0.444 e. The van der Waals surface area contributed by atoms with Gasteiger partial charge in [0, 0.05) is 30.4 Å². The minimum absolute atomic E-state index is 0.178. The van der Waals surface area contributed by atoms with E-state index in [1.54, 1.807) is 4.90 Å². The molecule has 0 bridgehead atoms. The number of hydrogen-bond donors (Lipinski definition) is 0. The molecule has 1 aromatic rings. The summed E-state index contributed by atoms with van der Waals surface area (Å²) in [6.45, 7) is 6.57. The van der Waals surface area contributed by atoms with Crippen molar-refractivity contribution >= 4 is 6.09 Å². The van der Waals surface area contributed by atoms with Gasteiger partial charge in [-0.2, -0.15) is 13.2 Å². The third kappa shape index (κ3) is 3.21. The molecule has 132 valence electrons. The summed E-state index contributed by atoms with van der Waals surface area (Å²) in [4.78, 5) is 17.9. The van der Waals surface area contributed by atoms with Gasteiger partial charge in [-0.1, -0.05) is 0 Å². The van der Waals surface area contributed by atoms with Gasteiger partial charge in [-0.15, -0.1) is 0 Å². The van der Waals surface area contributed by atoms with E-state index in [-0.39, 0.29) is 17.4 Å². The molecule has 0 radical (unpaired) electrons. The summed E-state index contributed by atoms with van der Waals surface area (Å²) in [5.74, 6) is 0.239. The maximum atomic E-state index is 12.6. The first-order valence-corrected chi connectivity index (χ1v) is 8.03. The second-order valence-electron chi connectivity index (χ2n) is 7.66. The summed E-state index contributed by atoms with van der Waals surface area (Å²) in [5, 5.41) is 0. The Morgan fingerprint density at radius 3 is 2.54 bits per heavy atom. The van der Waals surface area contributed by atoms with Crippen LogP contribution in [0.2, 0.25) is 0 Å². The number of halogens is 3. The van der Waals surface area contributed by atoms with Gasteiger partial charge in [-0.3, -0.25) is 4.98 Å². The number of pyridine rings is 1. The minimum atomic E-state index is -4.37. The number of carbonyl (C=O) groups excluding carboxylic acids is 1. The Labute approximate surface area is 139 Å². The molecule has 2 aliphatic rings. The topological polar surface area (TPSA) is 42.4 Å². The van der Waals surface area contributed by atoms with Crippen LogP contribution in [-0.2, 0) is 16.3 Å². The maximum Gasteiger partial charge on any atom is 0.417 e. The zero-order valence-electron chi connectivity index (χ0n) is 14.0. The fourth-order valence-electron chi connectivity index (χ4n) is 3.41. The van der Waals surface area contributed by atoms with Crippen molar-refractivity contribution in [1.29, 1.82) is 0 Å². The van der Waals surface area contributed by atoms with Crippen molar-refractivity contribution in [3.63, 3.8) is 0 Å². The number of piperidine rings is 1. The Hall–Kier alpha value is -1.79. The molecule has 1 amide bonds. The predicted molar refractivity (Wildman–Crippen MR) is 81.4 cm³/mol. The second kappa shape index (κ2) is 5.36. The van der Waals surface area contributed by atoms with Crippen LogP contribution in [0.15, 0.2) is 18.3 Å². The molecule has 1 aliphatic heterocycles. The van der Waals surface area contributed by atoms with Gasteiger partial charge < -0.3 is 9.64 Å². The van der Waals surface area contributed by atoms with E-state index in [1.807, 2.05) is 20.8 Å². The Kier molecular flexibility index (Phi) is 3.81. The largest absolute Gasteiger partial charge is 0.444 e. The molecule has 2 fully saturated rings. The number of carbonyl (C=O) groups is 1. The van der Waals surface area contributed by atoms with Gasteiger partial charge in [0.1, 0.15) is 5.60 Å². The summed E-state index contributed by atoms with van der Waals surface area (Å²) in [7, 11) is 0. The van der Waals surface area contributed by atoms with Gasteiger partial charge in [-0.25, -0.2) is 4.79 Å². The van der Waals surface area contributed by atoms with Crippen LogP contribution in [0, 0.1) is 5.92 Å². The molecule has 2 unspecified atom stereocenters. The zero-order chi connectivity index (χ0) is 17.8. The van der Waals surface area contributed by atoms with Crippen LogP contribution in [-0.4, -0.2) is 34.7 Å². The highest BCUT2D eigenvalue weighted by atomic mass is 19.4. The lowest BCUT2D eigenvalue weighted by atomic mass is 9.91. The lowest BCUT2D eigenvalue weighted by Crippen LogP contribution is -2.43. The van der Waals surface area contributed by atoms with Crippen molar-refractivity contribution in [2.24, 2.45) is 5.92 Å². The molecule has 24 heavy (non-hydrogen) atoms. The van der Waals surface area contributed by atoms with Gasteiger partial charge in [0.15, 0.2) is 0 Å². The summed E-state index contributed by atoms with van der Waals surface area (Å²) in [5.41, 5.74) is -0.748. The number of amides is 1. The van der Waals surface area contributed by atoms with E-state index in [0.717, 1.165) is 18.7 Å². The molecule has 4 nitrogen and oxygen atoms in total. The van der Waals surface area contributed by atoms with Gasteiger partial charge >= 0.3 is 12.3 Å². The third-order valence-corrected chi connectivity index (χ3v) is 4.75. The Bertz CT molecular complexity index is 637. The van der Waals surface area contributed by atoms with E-state index >= 15 is 0 Å². The molecule has 3 rings (SSSR count). The molecule has 1 saturated carbocycles. The Balaban J connectivity index is 1.66. The van der Waals surface area contributed by atoms with Crippen LogP contribution in [0.5, 0.6) is 0 Å². The number of fused-ring (bicyclic) bond motifs is 1. The van der Waals surface area contributed by atoms with Crippen molar-refractivity contribution in [2.45, 2.75) is 50.8 Å². The number of nitrogens with zero attached hydrogens (tertiary/aromatic N) is 2. The molecule has 0 N–H and O–H groups in total. The first-order valence-electron chi connectivity index (χ1n) is 8.03. The van der Waals surface area contributed by atoms with E-state index in [1.165, 1.54) is 6.07 Å². The summed E-state index contributed by atoms with van der Waals surface area (Å²) in [6, 6.07) is 2.57. The monoisotopic (exact) mass is 342 g/mol. The molecule has 7 heteroatoms. The molecule has 1 aromatic heterocycles. The second-order valence-corrected chi connectivity index (χ2v) is 7.66. The molecule has 0 aromatic carbocycles. The summed E-state index contributed by atoms with van der Waals surface area (Å²) < 4.78 is 43.3. The number of rotatable bonds is 1. The molecule has 1 aliphatic carbocycles. The Morgan fingerprint density at radius 2 is 2.04 bits per heavy atom. The van der Waals surface area contributed by atoms with Crippen LogP contribution in [0.25, 0.3) is 0 Å². The van der Waals surface area contributed by atoms with Crippen molar-refractivity contribution in [3.8, 4) is 0 Å². The van der Waals surface area contributed by atoms with E-state index in [9.17, 15) is 18.0 Å². The first kappa shape index (κ1) is 17.0. The normalized spacial score (nSPS) is 26.8. The van der Waals surface area contributed by atoms with E-state index < -0.39 is 17.3 Å². The van der Waals surface area contributed by atoms with Crippen LogP contribution >= 0.6 is 0 Å². The SMILES string of the molecule is CC(C)(C)OC(=O)N1CCC2(c3ccc(C(F)(F)F)cn3)CC2C1. The highest BCUT2D eigenvalue weighted by molar-refractivity contribution is 5.68. The van der Waals surface area contributed by atoms with E-state index in [0.29, 0.717) is 25.2 Å². The van der Waals surface area contributed by atoms with E-state index in [4.69, 9.17) is 4.74 Å². The van der Waals surface area contributed by atoms with Crippen LogP contribution in [0.1, 0.15) is 44.9 Å². The highest BCUT2D eigenvalue weighted by Gasteiger charge is 2.59. The molecule has 2 heterocycles. The lowest BCUT2D eigenvalue weighted by Gasteiger charge is -2.33. The van der Waals surface area contributed by atoms with Crippen LogP contribution < -0.4 is 0 Å². The van der Waals surface area contributed by atoms with Gasteiger partial charge in [0.25, 0.3) is 0 Å². The molecule has 2 atom stereocenters. The summed E-state index contributed by atoms with van der Waals surface area (Å²) >= 11 is 0. The highest BCUT2D eigenvalue weighted by Crippen LogP contribution is 2.58. The van der Waals surface area contributed by atoms with Crippen molar-refractivity contribution in [1.82, 2.24) is 9.88 Å². The Morgan fingerprint density at radius 1 is 1.33 bits per heavy atom. The summed E-state index contributed by atoms with van der Waals surface area (Å²) in [6.07, 6.45) is -2.24. The third-order valence-electron chi connectivity index (χ3n) is 4.75. The smallest absolute Gasteiger partial charge is 0.417 e.